The molecule has 26 heavy (non-hydrogen) atoms. The number of carbonyl (C=O) groups excluding carboxylic acids is 2. The number of carbonyl (C=O) groups is 2. The lowest BCUT2D eigenvalue weighted by Gasteiger charge is -2.35. The van der Waals surface area contributed by atoms with Crippen molar-refractivity contribution in [2.75, 3.05) is 32.5 Å². The molecule has 2 atom stereocenters. The Hall–Kier alpha value is -2.66. The van der Waals surface area contributed by atoms with Crippen LogP contribution >= 0.6 is 0 Å². The van der Waals surface area contributed by atoms with E-state index < -0.39 is 5.41 Å². The molecule has 1 saturated heterocycles. The van der Waals surface area contributed by atoms with Gasteiger partial charge in [-0.3, -0.25) is 9.59 Å². The molecule has 2 heterocycles. The van der Waals surface area contributed by atoms with E-state index in [1.807, 2.05) is 78.5 Å². The van der Waals surface area contributed by atoms with Crippen molar-refractivity contribution in [2.45, 2.75) is 17.9 Å². The average molecular weight is 349 g/mol. The first-order valence-electron chi connectivity index (χ1n) is 8.94. The predicted molar refractivity (Wildman–Crippen MR) is 101 cm³/mol. The summed E-state index contributed by atoms with van der Waals surface area (Å²) in [7, 11) is 3.78. The Morgan fingerprint density at radius 1 is 1.15 bits per heavy atom. The lowest BCUT2D eigenvalue weighted by Crippen LogP contribution is -2.44. The van der Waals surface area contributed by atoms with Gasteiger partial charge in [0.1, 0.15) is 5.41 Å². The molecular weight excluding hydrogens is 326 g/mol. The van der Waals surface area contributed by atoms with Gasteiger partial charge in [0, 0.05) is 12.2 Å². The number of hydrogen-bond acceptors (Lipinski definition) is 3. The second-order valence-corrected chi connectivity index (χ2v) is 7.36. The second kappa shape index (κ2) is 6.25. The van der Waals surface area contributed by atoms with Gasteiger partial charge in [-0.15, -0.1) is 0 Å². The Kier molecular flexibility index (Phi) is 4.04. The van der Waals surface area contributed by atoms with Gasteiger partial charge in [0.15, 0.2) is 0 Å². The summed E-state index contributed by atoms with van der Waals surface area (Å²) in [5.41, 5.74) is 2.14. The summed E-state index contributed by atoms with van der Waals surface area (Å²) in [4.78, 5) is 29.9. The first kappa shape index (κ1) is 16.8. The third kappa shape index (κ3) is 2.42. The summed E-state index contributed by atoms with van der Waals surface area (Å²) < 4.78 is 0. The lowest BCUT2D eigenvalue weighted by molar-refractivity contribution is -0.134. The predicted octanol–water partition coefficient (Wildman–Crippen LogP) is 2.41. The van der Waals surface area contributed by atoms with Gasteiger partial charge in [-0.05, 0) is 37.7 Å². The van der Waals surface area contributed by atoms with Crippen molar-refractivity contribution in [2.24, 2.45) is 0 Å². The monoisotopic (exact) mass is 349 g/mol. The number of anilines is 1. The Bertz CT molecular complexity index is 849. The second-order valence-electron chi connectivity index (χ2n) is 7.36. The van der Waals surface area contributed by atoms with Crippen LogP contribution in [0.3, 0.4) is 0 Å². The van der Waals surface area contributed by atoms with Crippen LogP contribution in [0.2, 0.25) is 0 Å². The Balaban J connectivity index is 1.85. The zero-order valence-corrected chi connectivity index (χ0v) is 15.1. The summed E-state index contributed by atoms with van der Waals surface area (Å²) in [5, 5.41) is 3.04. The molecule has 2 aromatic carbocycles. The molecule has 0 bridgehead atoms. The van der Waals surface area contributed by atoms with E-state index in [1.165, 1.54) is 0 Å². The molecule has 134 valence electrons. The SMILES string of the molecule is CN(C)CC(=O)N1CC[C@]2(C(=O)Nc3ccccc32)[C@@H]1c1ccccc1. The Morgan fingerprint density at radius 3 is 2.58 bits per heavy atom. The van der Waals surface area contributed by atoms with Gasteiger partial charge in [0.2, 0.25) is 11.8 Å². The van der Waals surface area contributed by atoms with Crippen LogP contribution in [-0.2, 0) is 15.0 Å². The summed E-state index contributed by atoms with van der Waals surface area (Å²) in [5.74, 6) is 0.0469. The minimum absolute atomic E-state index is 0.00675. The summed E-state index contributed by atoms with van der Waals surface area (Å²) in [6.07, 6.45) is 0.634. The minimum Gasteiger partial charge on any atom is -0.333 e. The van der Waals surface area contributed by atoms with Crippen LogP contribution in [-0.4, -0.2) is 48.8 Å². The molecule has 2 aromatic rings. The van der Waals surface area contributed by atoms with Crippen molar-refractivity contribution in [3.63, 3.8) is 0 Å². The highest BCUT2D eigenvalue weighted by Crippen LogP contribution is 2.54. The van der Waals surface area contributed by atoms with Crippen LogP contribution in [0.15, 0.2) is 54.6 Å². The van der Waals surface area contributed by atoms with Gasteiger partial charge >= 0.3 is 0 Å². The van der Waals surface area contributed by atoms with Gasteiger partial charge in [0.25, 0.3) is 0 Å². The van der Waals surface area contributed by atoms with Gasteiger partial charge in [-0.2, -0.15) is 0 Å². The van der Waals surface area contributed by atoms with E-state index in [1.54, 1.807) is 0 Å². The van der Waals surface area contributed by atoms with E-state index in [4.69, 9.17) is 0 Å². The van der Waals surface area contributed by atoms with E-state index in [2.05, 4.69) is 5.32 Å². The van der Waals surface area contributed by atoms with Crippen LogP contribution in [0.25, 0.3) is 0 Å². The molecule has 0 unspecified atom stereocenters. The molecule has 2 aliphatic rings. The van der Waals surface area contributed by atoms with Crippen LogP contribution in [0, 0.1) is 0 Å². The van der Waals surface area contributed by atoms with E-state index in [-0.39, 0.29) is 17.9 Å². The van der Waals surface area contributed by atoms with Crippen molar-refractivity contribution < 1.29 is 9.59 Å². The number of fused-ring (bicyclic) bond motifs is 2. The average Bonchev–Trinajstić information content (AvgIpc) is 3.16. The maximum Gasteiger partial charge on any atom is 0.237 e. The van der Waals surface area contributed by atoms with Crippen molar-refractivity contribution in [1.82, 2.24) is 9.80 Å². The molecule has 5 nitrogen and oxygen atoms in total. The summed E-state index contributed by atoms with van der Waals surface area (Å²) >= 11 is 0. The largest absolute Gasteiger partial charge is 0.333 e. The van der Waals surface area contributed by atoms with Crippen LogP contribution in [0.1, 0.15) is 23.6 Å². The highest BCUT2D eigenvalue weighted by molar-refractivity contribution is 6.07. The standard InChI is InChI=1S/C21H23N3O2/c1-23(2)14-18(25)24-13-12-21(19(24)15-8-4-3-5-9-15)16-10-6-7-11-17(16)22-20(21)26/h3-11,19H,12-14H2,1-2H3,(H,22,26)/t19-,21+/m0/s1. The third-order valence-electron chi connectivity index (χ3n) is 5.47. The van der Waals surface area contributed by atoms with E-state index in [9.17, 15) is 9.59 Å². The molecule has 2 amide bonds. The van der Waals surface area contributed by atoms with Crippen LogP contribution < -0.4 is 5.32 Å². The number of nitrogens with one attached hydrogen (secondary N) is 1. The van der Waals surface area contributed by atoms with Crippen molar-refractivity contribution >= 4 is 17.5 Å². The van der Waals surface area contributed by atoms with Crippen molar-refractivity contribution in [3.8, 4) is 0 Å². The number of benzene rings is 2. The molecule has 0 aliphatic carbocycles. The molecule has 1 spiro atoms. The minimum atomic E-state index is -0.722. The Labute approximate surface area is 153 Å². The molecule has 5 heteroatoms. The van der Waals surface area contributed by atoms with Crippen molar-refractivity contribution in [3.05, 3.63) is 65.7 Å². The number of rotatable bonds is 3. The fraction of sp³-hybridized carbons (Fsp3) is 0.333. The highest BCUT2D eigenvalue weighted by Gasteiger charge is 2.59. The molecule has 1 fully saturated rings. The van der Waals surface area contributed by atoms with E-state index in [0.29, 0.717) is 19.5 Å². The fourth-order valence-corrected chi connectivity index (χ4v) is 4.42. The summed E-state index contributed by atoms with van der Waals surface area (Å²) in [6, 6.07) is 17.5. The number of hydrogen-bond donors (Lipinski definition) is 1. The van der Waals surface area contributed by atoms with Gasteiger partial charge in [-0.1, -0.05) is 48.5 Å². The molecular formula is C21H23N3O2. The maximum absolute atomic E-state index is 13.2. The molecule has 1 N–H and O–H groups in total. The number of para-hydroxylation sites is 1. The first-order chi connectivity index (χ1) is 12.5. The fourth-order valence-electron chi connectivity index (χ4n) is 4.42. The topological polar surface area (TPSA) is 52.7 Å². The Morgan fingerprint density at radius 2 is 1.85 bits per heavy atom. The zero-order chi connectivity index (χ0) is 18.3. The van der Waals surface area contributed by atoms with Crippen molar-refractivity contribution in [1.29, 1.82) is 0 Å². The van der Waals surface area contributed by atoms with Crippen LogP contribution in [0.4, 0.5) is 5.69 Å². The number of likely N-dealkylation sites (N-methyl/N-ethyl adjacent to an activating group) is 1. The van der Waals surface area contributed by atoms with Gasteiger partial charge < -0.3 is 15.1 Å². The quantitative estimate of drug-likeness (QED) is 0.926. The number of amides is 2. The van der Waals surface area contributed by atoms with Gasteiger partial charge in [-0.25, -0.2) is 0 Å². The third-order valence-corrected chi connectivity index (χ3v) is 5.47. The maximum atomic E-state index is 13.2. The van der Waals surface area contributed by atoms with E-state index >= 15 is 0 Å². The summed E-state index contributed by atoms with van der Waals surface area (Å²) in [6.45, 7) is 0.913. The van der Waals surface area contributed by atoms with Crippen LogP contribution in [0.5, 0.6) is 0 Å². The zero-order valence-electron chi connectivity index (χ0n) is 15.1. The normalized spacial score (nSPS) is 24.2. The molecule has 4 rings (SSSR count). The molecule has 0 saturated carbocycles. The number of nitrogens with zero attached hydrogens (tertiary/aromatic N) is 2. The van der Waals surface area contributed by atoms with Gasteiger partial charge in [0.05, 0.1) is 12.6 Å². The smallest absolute Gasteiger partial charge is 0.237 e. The molecule has 0 aromatic heterocycles. The van der Waals surface area contributed by atoms with E-state index in [0.717, 1.165) is 16.8 Å². The molecule has 2 aliphatic heterocycles. The molecule has 0 radical (unpaired) electrons. The number of likely N-dealkylation sites (tertiary alicyclic amines) is 1. The lowest BCUT2D eigenvalue weighted by atomic mass is 9.72. The highest BCUT2D eigenvalue weighted by atomic mass is 16.2. The first-order valence-corrected chi connectivity index (χ1v) is 8.94.